The largest absolute Gasteiger partial charge is 0.480 e. The third-order valence-corrected chi connectivity index (χ3v) is 3.31. The molecule has 0 aliphatic rings. The van der Waals surface area contributed by atoms with Gasteiger partial charge in [0.1, 0.15) is 6.04 Å². The zero-order chi connectivity index (χ0) is 15.3. The van der Waals surface area contributed by atoms with Crippen LogP contribution in [0, 0.1) is 5.92 Å². The molecule has 0 radical (unpaired) electrons. The summed E-state index contributed by atoms with van der Waals surface area (Å²) in [6.45, 7) is 3.46. The molecule has 0 saturated heterocycles. The third-order valence-electron chi connectivity index (χ3n) is 3.31. The molecule has 3 nitrogen and oxygen atoms in total. The Morgan fingerprint density at radius 2 is 1.95 bits per heavy atom. The number of hydrogen-bond donors (Lipinski definition) is 2. The first-order chi connectivity index (χ1) is 9.27. The number of rotatable bonds is 6. The number of carboxylic acid groups (broad SMARTS) is 1. The van der Waals surface area contributed by atoms with E-state index >= 15 is 0 Å². The maximum absolute atomic E-state index is 12.8. The van der Waals surface area contributed by atoms with Crippen LogP contribution in [0.2, 0.25) is 0 Å². The van der Waals surface area contributed by atoms with Gasteiger partial charge in [-0.2, -0.15) is 13.2 Å². The van der Waals surface area contributed by atoms with Crippen LogP contribution in [0.4, 0.5) is 13.2 Å². The molecule has 0 bridgehead atoms. The topological polar surface area (TPSA) is 49.3 Å². The van der Waals surface area contributed by atoms with E-state index in [0.29, 0.717) is 6.42 Å². The van der Waals surface area contributed by atoms with Crippen molar-refractivity contribution in [3.05, 3.63) is 35.4 Å². The fourth-order valence-corrected chi connectivity index (χ4v) is 1.94. The van der Waals surface area contributed by atoms with E-state index in [1.807, 2.05) is 6.92 Å². The van der Waals surface area contributed by atoms with E-state index in [9.17, 15) is 18.0 Å². The average molecular weight is 289 g/mol. The lowest BCUT2D eigenvalue weighted by Crippen LogP contribution is -2.41. The molecule has 2 atom stereocenters. The Kier molecular flexibility index (Phi) is 5.56. The summed E-state index contributed by atoms with van der Waals surface area (Å²) in [5.41, 5.74) is -0.685. The van der Waals surface area contributed by atoms with Gasteiger partial charge in [0.2, 0.25) is 0 Å². The fraction of sp³-hybridized carbons (Fsp3) is 0.500. The SMILES string of the molecule is CCC(C)C(NCc1ccccc1C(F)(F)F)C(=O)O. The first-order valence-electron chi connectivity index (χ1n) is 6.38. The van der Waals surface area contributed by atoms with Crippen LogP contribution in [-0.4, -0.2) is 17.1 Å². The number of benzene rings is 1. The number of hydrogen-bond acceptors (Lipinski definition) is 2. The van der Waals surface area contributed by atoms with E-state index < -0.39 is 23.8 Å². The van der Waals surface area contributed by atoms with Gasteiger partial charge in [0.25, 0.3) is 0 Å². The monoisotopic (exact) mass is 289 g/mol. The van der Waals surface area contributed by atoms with Gasteiger partial charge in [-0.1, -0.05) is 38.5 Å². The lowest BCUT2D eigenvalue weighted by molar-refractivity contribution is -0.140. The van der Waals surface area contributed by atoms with E-state index in [1.54, 1.807) is 6.92 Å². The Labute approximate surface area is 115 Å². The van der Waals surface area contributed by atoms with Crippen molar-refractivity contribution in [2.45, 2.75) is 39.0 Å². The molecule has 1 aromatic carbocycles. The lowest BCUT2D eigenvalue weighted by atomic mass is 9.98. The summed E-state index contributed by atoms with van der Waals surface area (Å²) in [6.07, 6.45) is -3.81. The van der Waals surface area contributed by atoms with E-state index in [0.717, 1.165) is 6.07 Å². The summed E-state index contributed by atoms with van der Waals surface area (Å²) in [4.78, 5) is 11.1. The highest BCUT2D eigenvalue weighted by atomic mass is 19.4. The van der Waals surface area contributed by atoms with Crippen LogP contribution in [0.3, 0.4) is 0 Å². The molecule has 0 aliphatic heterocycles. The molecule has 112 valence electrons. The molecule has 1 rings (SSSR count). The normalized spacial score (nSPS) is 14.8. The van der Waals surface area contributed by atoms with Crippen molar-refractivity contribution in [1.29, 1.82) is 0 Å². The molecule has 0 fully saturated rings. The van der Waals surface area contributed by atoms with Gasteiger partial charge in [-0.15, -0.1) is 0 Å². The number of carbonyl (C=O) groups is 1. The van der Waals surface area contributed by atoms with Crippen molar-refractivity contribution in [3.63, 3.8) is 0 Å². The van der Waals surface area contributed by atoms with Gasteiger partial charge in [0.15, 0.2) is 0 Å². The zero-order valence-corrected chi connectivity index (χ0v) is 11.4. The van der Waals surface area contributed by atoms with Gasteiger partial charge in [0.05, 0.1) is 5.56 Å². The molecule has 0 aliphatic carbocycles. The molecule has 1 aromatic rings. The van der Waals surface area contributed by atoms with Crippen molar-refractivity contribution in [1.82, 2.24) is 5.32 Å². The summed E-state index contributed by atoms with van der Waals surface area (Å²) in [5, 5.41) is 11.8. The van der Waals surface area contributed by atoms with Crippen LogP contribution in [0.1, 0.15) is 31.4 Å². The zero-order valence-electron chi connectivity index (χ0n) is 11.4. The highest BCUT2D eigenvalue weighted by molar-refractivity contribution is 5.73. The highest BCUT2D eigenvalue weighted by Crippen LogP contribution is 2.31. The average Bonchev–Trinajstić information content (AvgIpc) is 2.37. The first-order valence-corrected chi connectivity index (χ1v) is 6.38. The summed E-state index contributed by atoms with van der Waals surface area (Å²) < 4.78 is 38.4. The summed E-state index contributed by atoms with van der Waals surface area (Å²) in [7, 11) is 0. The van der Waals surface area contributed by atoms with E-state index in [-0.39, 0.29) is 18.0 Å². The molecule has 6 heteroatoms. The number of carboxylic acids is 1. The van der Waals surface area contributed by atoms with E-state index in [2.05, 4.69) is 5.32 Å². The van der Waals surface area contributed by atoms with Gasteiger partial charge in [-0.3, -0.25) is 4.79 Å². The first kappa shape index (κ1) is 16.5. The summed E-state index contributed by atoms with van der Waals surface area (Å²) >= 11 is 0. The number of aliphatic carboxylic acids is 1. The quantitative estimate of drug-likeness (QED) is 0.845. The Balaban J connectivity index is 2.86. The maximum atomic E-state index is 12.8. The molecular formula is C14H18F3NO2. The van der Waals surface area contributed by atoms with Crippen LogP contribution in [0.5, 0.6) is 0 Å². The fourth-order valence-electron chi connectivity index (χ4n) is 1.94. The molecule has 2 N–H and O–H groups in total. The molecule has 20 heavy (non-hydrogen) atoms. The second-order valence-electron chi connectivity index (χ2n) is 4.74. The van der Waals surface area contributed by atoms with Gasteiger partial charge in [-0.25, -0.2) is 0 Å². The Bertz CT molecular complexity index is 460. The van der Waals surface area contributed by atoms with Gasteiger partial charge in [-0.05, 0) is 17.5 Å². The summed E-state index contributed by atoms with van der Waals surface area (Å²) in [6, 6.07) is 4.31. The smallest absolute Gasteiger partial charge is 0.416 e. The molecule has 0 aromatic heterocycles. The Hall–Kier alpha value is -1.56. The Morgan fingerprint density at radius 1 is 1.35 bits per heavy atom. The Morgan fingerprint density at radius 3 is 2.45 bits per heavy atom. The minimum absolute atomic E-state index is 0.0505. The van der Waals surface area contributed by atoms with Gasteiger partial charge in [0, 0.05) is 6.54 Å². The number of nitrogens with one attached hydrogen (secondary N) is 1. The second-order valence-corrected chi connectivity index (χ2v) is 4.74. The van der Waals surface area contributed by atoms with Crippen molar-refractivity contribution in [3.8, 4) is 0 Å². The minimum atomic E-state index is -4.44. The lowest BCUT2D eigenvalue weighted by Gasteiger charge is -2.21. The van der Waals surface area contributed by atoms with Gasteiger partial charge < -0.3 is 10.4 Å². The molecule has 0 amide bonds. The molecule has 0 saturated carbocycles. The minimum Gasteiger partial charge on any atom is -0.480 e. The molecule has 0 heterocycles. The number of halogens is 3. The highest BCUT2D eigenvalue weighted by Gasteiger charge is 2.33. The van der Waals surface area contributed by atoms with Crippen LogP contribution < -0.4 is 5.32 Å². The molecule has 2 unspecified atom stereocenters. The van der Waals surface area contributed by atoms with Crippen LogP contribution in [0.15, 0.2) is 24.3 Å². The van der Waals surface area contributed by atoms with Crippen LogP contribution in [-0.2, 0) is 17.5 Å². The van der Waals surface area contributed by atoms with Gasteiger partial charge >= 0.3 is 12.1 Å². The summed E-state index contributed by atoms with van der Waals surface area (Å²) in [5.74, 6) is -1.21. The van der Waals surface area contributed by atoms with E-state index in [1.165, 1.54) is 18.2 Å². The molecule has 0 spiro atoms. The van der Waals surface area contributed by atoms with Crippen molar-refractivity contribution < 1.29 is 23.1 Å². The van der Waals surface area contributed by atoms with Crippen molar-refractivity contribution >= 4 is 5.97 Å². The van der Waals surface area contributed by atoms with Crippen molar-refractivity contribution in [2.24, 2.45) is 5.92 Å². The maximum Gasteiger partial charge on any atom is 0.416 e. The van der Waals surface area contributed by atoms with Crippen LogP contribution >= 0.6 is 0 Å². The van der Waals surface area contributed by atoms with Crippen molar-refractivity contribution in [2.75, 3.05) is 0 Å². The second kappa shape index (κ2) is 6.74. The number of alkyl halides is 3. The predicted octanol–water partition coefficient (Wildman–Crippen LogP) is 3.29. The van der Waals surface area contributed by atoms with Crippen LogP contribution in [0.25, 0.3) is 0 Å². The molecular weight excluding hydrogens is 271 g/mol. The predicted molar refractivity (Wildman–Crippen MR) is 69.2 cm³/mol. The third kappa shape index (κ3) is 4.23. The van der Waals surface area contributed by atoms with E-state index in [4.69, 9.17) is 5.11 Å². The standard InChI is InChI=1S/C14H18F3NO2/c1-3-9(2)12(13(19)20)18-8-10-6-4-5-7-11(10)14(15,16)17/h4-7,9,12,18H,3,8H2,1-2H3,(H,19,20).